The highest BCUT2D eigenvalue weighted by Crippen LogP contribution is 2.41. The summed E-state index contributed by atoms with van der Waals surface area (Å²) < 4.78 is 0. The van der Waals surface area contributed by atoms with Crippen molar-refractivity contribution < 1.29 is 0 Å². The van der Waals surface area contributed by atoms with E-state index in [4.69, 9.17) is 0 Å². The third-order valence-electron chi connectivity index (χ3n) is 12.2. The second-order valence-corrected chi connectivity index (χ2v) is 15.2. The van der Waals surface area contributed by atoms with Gasteiger partial charge in [0.25, 0.3) is 0 Å². The fourth-order valence-electron chi connectivity index (χ4n) is 9.37. The zero-order valence-electron chi connectivity index (χ0n) is 30.6. The Balaban J connectivity index is 0.790. The van der Waals surface area contributed by atoms with Gasteiger partial charge in [-0.15, -0.1) is 0 Å². The van der Waals surface area contributed by atoms with Gasteiger partial charge in [0.15, 0.2) is 0 Å². The lowest BCUT2D eigenvalue weighted by Crippen LogP contribution is -1.87. The van der Waals surface area contributed by atoms with Gasteiger partial charge in [0.2, 0.25) is 0 Å². The molecule has 12 aromatic carbocycles. The van der Waals surface area contributed by atoms with Crippen LogP contribution in [0.2, 0.25) is 0 Å². The minimum absolute atomic E-state index is 1.22. The Morgan fingerprint density at radius 1 is 0.161 bits per heavy atom. The average Bonchev–Trinajstić information content (AvgIpc) is 3.27. The standard InChI is InChI=1S/C56H34/c1-3-43-23-25-47-27-31-49(51-33-29-45(5-1)53(43)55(47)51)41-19-15-39(16-20-41)37-11-7-35(8-12-37)36-9-13-38(14-10-36)40-17-21-42(22-18-40)50-32-28-48-26-24-44-4-2-6-46-30-34-52(50)56(48)54(44)46/h1-34H. The molecule has 0 aliphatic carbocycles. The van der Waals surface area contributed by atoms with Gasteiger partial charge in [-0.1, -0.05) is 206 Å². The second kappa shape index (κ2) is 12.1. The first-order valence-electron chi connectivity index (χ1n) is 19.5. The molecule has 0 heterocycles. The van der Waals surface area contributed by atoms with Crippen molar-refractivity contribution in [3.63, 3.8) is 0 Å². The molecule has 0 radical (unpaired) electrons. The topological polar surface area (TPSA) is 0 Å². The minimum atomic E-state index is 1.22. The molecule has 56 heavy (non-hydrogen) atoms. The SMILES string of the molecule is c1cc2ccc3ccc(-c4ccc(-c5ccc(-c6ccc(-c7ccc(-c8ccc9ccc%10cccc%11ccc8c9c%10%11)cc7)cc6)cc5)cc4)c4ccc(c1)c2c34. The van der Waals surface area contributed by atoms with Crippen molar-refractivity contribution in [2.75, 3.05) is 0 Å². The molecule has 0 atom stereocenters. The quantitative estimate of drug-likeness (QED) is 0.156. The largest absolute Gasteiger partial charge is 0.0610 e. The number of benzene rings is 12. The van der Waals surface area contributed by atoms with Gasteiger partial charge in [-0.2, -0.15) is 0 Å². The Morgan fingerprint density at radius 3 is 0.696 bits per heavy atom. The first-order valence-corrected chi connectivity index (χ1v) is 19.5. The number of hydrogen-bond acceptors (Lipinski definition) is 0. The predicted octanol–water partition coefficient (Wildman–Crippen LogP) is 15.8. The van der Waals surface area contributed by atoms with Crippen molar-refractivity contribution in [3.05, 3.63) is 206 Å². The van der Waals surface area contributed by atoms with Gasteiger partial charge >= 0.3 is 0 Å². The van der Waals surface area contributed by atoms with Crippen LogP contribution in [0.25, 0.3) is 120 Å². The summed E-state index contributed by atoms with van der Waals surface area (Å²) in [5, 5.41) is 15.9. The molecule has 0 heteroatoms. The molecule has 0 saturated carbocycles. The van der Waals surface area contributed by atoms with Crippen molar-refractivity contribution >= 4 is 64.6 Å². The summed E-state index contributed by atoms with van der Waals surface area (Å²) in [5.41, 5.74) is 12.4. The predicted molar refractivity (Wildman–Crippen MR) is 241 cm³/mol. The van der Waals surface area contributed by atoms with E-state index in [1.54, 1.807) is 0 Å². The first-order chi connectivity index (χ1) is 27.7. The molecular formula is C56H34. The lowest BCUT2D eigenvalue weighted by molar-refractivity contribution is 1.57. The van der Waals surface area contributed by atoms with Gasteiger partial charge in [-0.05, 0) is 120 Å². The van der Waals surface area contributed by atoms with Crippen LogP contribution < -0.4 is 0 Å². The highest BCUT2D eigenvalue weighted by molar-refractivity contribution is 6.26. The molecule has 0 aliphatic heterocycles. The van der Waals surface area contributed by atoms with E-state index in [-0.39, 0.29) is 0 Å². The van der Waals surface area contributed by atoms with Crippen molar-refractivity contribution in [2.45, 2.75) is 0 Å². The van der Waals surface area contributed by atoms with Crippen LogP contribution in [-0.4, -0.2) is 0 Å². The van der Waals surface area contributed by atoms with E-state index >= 15 is 0 Å². The van der Waals surface area contributed by atoms with Crippen LogP contribution >= 0.6 is 0 Å². The maximum absolute atomic E-state index is 2.30. The Kier molecular flexibility index (Phi) is 6.73. The average molecular weight is 707 g/mol. The molecule has 0 nitrogen and oxygen atoms in total. The van der Waals surface area contributed by atoms with Crippen molar-refractivity contribution in [1.82, 2.24) is 0 Å². The zero-order valence-corrected chi connectivity index (χ0v) is 30.6. The Bertz CT molecular complexity index is 3140. The summed E-state index contributed by atoms with van der Waals surface area (Å²) in [6.07, 6.45) is 0. The smallest absolute Gasteiger partial charge is 0.00206 e. The van der Waals surface area contributed by atoms with Gasteiger partial charge < -0.3 is 0 Å². The van der Waals surface area contributed by atoms with Crippen molar-refractivity contribution in [2.24, 2.45) is 0 Å². The normalized spacial score (nSPS) is 11.9. The van der Waals surface area contributed by atoms with Crippen molar-refractivity contribution in [3.8, 4) is 55.6 Å². The van der Waals surface area contributed by atoms with E-state index in [1.165, 1.54) is 120 Å². The van der Waals surface area contributed by atoms with Crippen LogP contribution in [0, 0.1) is 0 Å². The number of rotatable bonds is 5. The highest BCUT2D eigenvalue weighted by atomic mass is 14.2. The van der Waals surface area contributed by atoms with Gasteiger partial charge in [-0.3, -0.25) is 0 Å². The second-order valence-electron chi connectivity index (χ2n) is 15.2. The van der Waals surface area contributed by atoms with E-state index in [1.807, 2.05) is 0 Å². The third kappa shape index (κ3) is 4.79. The van der Waals surface area contributed by atoms with Crippen LogP contribution in [0.15, 0.2) is 206 Å². The van der Waals surface area contributed by atoms with Crippen LogP contribution in [0.1, 0.15) is 0 Å². The molecule has 0 fully saturated rings. The van der Waals surface area contributed by atoms with Crippen LogP contribution in [0.5, 0.6) is 0 Å². The molecule has 0 aromatic heterocycles. The van der Waals surface area contributed by atoms with Gasteiger partial charge in [0, 0.05) is 0 Å². The maximum Gasteiger partial charge on any atom is -0.00206 e. The summed E-state index contributed by atoms with van der Waals surface area (Å²) in [6.45, 7) is 0. The van der Waals surface area contributed by atoms with Crippen LogP contribution in [0.3, 0.4) is 0 Å². The molecular weight excluding hydrogens is 673 g/mol. The van der Waals surface area contributed by atoms with Gasteiger partial charge in [-0.25, -0.2) is 0 Å². The molecule has 12 aromatic rings. The zero-order chi connectivity index (χ0) is 36.7. The van der Waals surface area contributed by atoms with E-state index in [9.17, 15) is 0 Å². The Morgan fingerprint density at radius 2 is 0.393 bits per heavy atom. The van der Waals surface area contributed by atoms with E-state index in [2.05, 4.69) is 206 Å². The summed E-state index contributed by atoms with van der Waals surface area (Å²) >= 11 is 0. The van der Waals surface area contributed by atoms with Gasteiger partial charge in [0.05, 0.1) is 0 Å². The molecule has 258 valence electrons. The molecule has 0 amide bonds. The molecule has 0 unspecified atom stereocenters. The lowest BCUT2D eigenvalue weighted by Gasteiger charge is -2.14. The monoisotopic (exact) mass is 706 g/mol. The van der Waals surface area contributed by atoms with E-state index in [0.29, 0.717) is 0 Å². The summed E-state index contributed by atoms with van der Waals surface area (Å²) in [7, 11) is 0. The van der Waals surface area contributed by atoms with Gasteiger partial charge in [0.1, 0.15) is 0 Å². The molecule has 0 aliphatic rings. The minimum Gasteiger partial charge on any atom is -0.0610 e. The summed E-state index contributed by atoms with van der Waals surface area (Å²) in [5.74, 6) is 0. The first kappa shape index (κ1) is 31.1. The molecule has 12 rings (SSSR count). The van der Waals surface area contributed by atoms with E-state index < -0.39 is 0 Å². The third-order valence-corrected chi connectivity index (χ3v) is 12.2. The molecule has 0 bridgehead atoms. The molecule has 0 spiro atoms. The lowest BCUT2D eigenvalue weighted by atomic mass is 9.89. The fourth-order valence-corrected chi connectivity index (χ4v) is 9.37. The fraction of sp³-hybridized carbons (Fsp3) is 0. The maximum atomic E-state index is 2.30. The Hall–Kier alpha value is -7.28. The summed E-state index contributed by atoms with van der Waals surface area (Å²) in [6, 6.07) is 76.4. The summed E-state index contributed by atoms with van der Waals surface area (Å²) in [4.78, 5) is 0. The number of hydrogen-bond donors (Lipinski definition) is 0. The van der Waals surface area contributed by atoms with Crippen LogP contribution in [0.4, 0.5) is 0 Å². The van der Waals surface area contributed by atoms with Crippen molar-refractivity contribution in [1.29, 1.82) is 0 Å². The highest BCUT2D eigenvalue weighted by Gasteiger charge is 2.14. The van der Waals surface area contributed by atoms with E-state index in [0.717, 1.165) is 0 Å². The Labute approximate surface area is 325 Å². The van der Waals surface area contributed by atoms with Crippen LogP contribution in [-0.2, 0) is 0 Å². The molecule has 0 saturated heterocycles. The molecule has 0 N–H and O–H groups in total.